The number of halogens is 4. The highest BCUT2D eigenvalue weighted by molar-refractivity contribution is 6.42. The fraction of sp³-hybridized carbons (Fsp3) is 0.118. The summed E-state index contributed by atoms with van der Waals surface area (Å²) in [6, 6.07) is 10.9. The van der Waals surface area contributed by atoms with E-state index in [2.05, 4.69) is 9.97 Å². The maximum absolute atomic E-state index is 6.27. The van der Waals surface area contributed by atoms with Crippen LogP contribution in [0.15, 0.2) is 36.4 Å². The summed E-state index contributed by atoms with van der Waals surface area (Å²) in [7, 11) is 0. The van der Waals surface area contributed by atoms with Crippen molar-refractivity contribution in [1.29, 1.82) is 0 Å². The molecule has 118 valence electrons. The molecule has 0 spiro atoms. The molecule has 0 aliphatic heterocycles. The summed E-state index contributed by atoms with van der Waals surface area (Å²) in [6.45, 7) is 1.95. The van der Waals surface area contributed by atoms with Gasteiger partial charge in [0, 0.05) is 22.7 Å². The topological polar surface area (TPSA) is 28.7 Å². The van der Waals surface area contributed by atoms with Gasteiger partial charge in [0.05, 0.1) is 20.8 Å². The van der Waals surface area contributed by atoms with Gasteiger partial charge in [-0.15, -0.1) is 0 Å². The molecule has 0 unspecified atom stereocenters. The molecule has 0 bridgehead atoms. The maximum Gasteiger partial charge on any atom is 0.111 e. The van der Waals surface area contributed by atoms with E-state index in [1.165, 1.54) is 0 Å². The summed E-state index contributed by atoms with van der Waals surface area (Å²) in [5, 5.41) is 2.30. The molecular weight excluding hydrogens is 374 g/mol. The standard InChI is InChI=1S/C17H12Cl4N2/c1-9-17(12-8-11(18)5-6-13(12)19)23-15(22-9)7-10-3-2-4-14(20)16(10)21/h2-6,8H,7H2,1H3,(H,22,23). The van der Waals surface area contributed by atoms with Crippen LogP contribution in [0, 0.1) is 6.92 Å². The second-order valence-corrected chi connectivity index (χ2v) is 6.80. The minimum Gasteiger partial charge on any atom is -0.345 e. The van der Waals surface area contributed by atoms with Crippen molar-refractivity contribution in [1.82, 2.24) is 9.97 Å². The number of nitrogens with zero attached hydrogens (tertiary/aromatic N) is 1. The van der Waals surface area contributed by atoms with E-state index in [9.17, 15) is 0 Å². The van der Waals surface area contributed by atoms with Gasteiger partial charge in [0.15, 0.2) is 0 Å². The first-order chi connectivity index (χ1) is 11.0. The molecule has 1 heterocycles. The van der Waals surface area contributed by atoms with Crippen LogP contribution in [0.2, 0.25) is 20.1 Å². The van der Waals surface area contributed by atoms with E-state index in [0.29, 0.717) is 26.5 Å². The molecule has 1 aromatic heterocycles. The van der Waals surface area contributed by atoms with Crippen molar-refractivity contribution in [2.24, 2.45) is 0 Å². The molecule has 23 heavy (non-hydrogen) atoms. The first kappa shape index (κ1) is 16.7. The molecule has 0 atom stereocenters. The highest BCUT2D eigenvalue weighted by Crippen LogP contribution is 2.32. The van der Waals surface area contributed by atoms with Crippen molar-refractivity contribution in [3.8, 4) is 11.3 Å². The Morgan fingerprint density at radius 2 is 1.78 bits per heavy atom. The highest BCUT2D eigenvalue weighted by Gasteiger charge is 2.14. The Bertz CT molecular complexity index is 871. The molecule has 0 amide bonds. The average molecular weight is 386 g/mol. The second kappa shape index (κ2) is 6.74. The second-order valence-electron chi connectivity index (χ2n) is 5.17. The monoisotopic (exact) mass is 384 g/mol. The summed E-state index contributed by atoms with van der Waals surface area (Å²) in [6.07, 6.45) is 0.554. The third kappa shape index (κ3) is 3.51. The molecule has 3 rings (SSSR count). The van der Waals surface area contributed by atoms with Crippen molar-refractivity contribution >= 4 is 46.4 Å². The average Bonchev–Trinajstić information content (AvgIpc) is 2.87. The molecule has 0 aliphatic carbocycles. The molecule has 0 aliphatic rings. The van der Waals surface area contributed by atoms with E-state index in [1.54, 1.807) is 18.2 Å². The Morgan fingerprint density at radius 3 is 2.57 bits per heavy atom. The zero-order valence-corrected chi connectivity index (χ0v) is 15.2. The molecule has 0 radical (unpaired) electrons. The number of hydrogen-bond donors (Lipinski definition) is 1. The predicted octanol–water partition coefficient (Wildman–Crippen LogP) is 6.59. The number of hydrogen-bond acceptors (Lipinski definition) is 1. The quantitative estimate of drug-likeness (QED) is 0.541. The summed E-state index contributed by atoms with van der Waals surface area (Å²) in [5.41, 5.74) is 3.42. The van der Waals surface area contributed by atoms with E-state index in [1.807, 2.05) is 25.1 Å². The van der Waals surface area contributed by atoms with Gasteiger partial charge in [-0.05, 0) is 36.8 Å². The van der Waals surface area contributed by atoms with E-state index in [-0.39, 0.29) is 0 Å². The van der Waals surface area contributed by atoms with Crippen molar-refractivity contribution in [2.45, 2.75) is 13.3 Å². The van der Waals surface area contributed by atoms with E-state index >= 15 is 0 Å². The fourth-order valence-electron chi connectivity index (χ4n) is 2.41. The van der Waals surface area contributed by atoms with Gasteiger partial charge in [-0.25, -0.2) is 4.98 Å². The Hall–Kier alpha value is -1.19. The number of rotatable bonds is 3. The maximum atomic E-state index is 6.27. The lowest BCUT2D eigenvalue weighted by Gasteiger charge is -2.04. The van der Waals surface area contributed by atoms with Gasteiger partial charge in [-0.2, -0.15) is 0 Å². The van der Waals surface area contributed by atoms with Crippen molar-refractivity contribution in [3.63, 3.8) is 0 Å². The van der Waals surface area contributed by atoms with E-state index in [0.717, 1.165) is 28.3 Å². The molecule has 0 saturated carbocycles. The van der Waals surface area contributed by atoms with Gasteiger partial charge in [-0.3, -0.25) is 0 Å². The molecule has 2 aromatic carbocycles. The summed E-state index contributed by atoms with van der Waals surface area (Å²) < 4.78 is 0. The molecule has 6 heteroatoms. The van der Waals surface area contributed by atoms with Crippen LogP contribution in [0.5, 0.6) is 0 Å². The Balaban J connectivity index is 1.98. The molecular formula is C17H12Cl4N2. The number of nitrogens with one attached hydrogen (secondary N) is 1. The van der Waals surface area contributed by atoms with Crippen LogP contribution in [-0.2, 0) is 6.42 Å². The fourth-order valence-corrected chi connectivity index (χ4v) is 3.18. The van der Waals surface area contributed by atoms with Crippen molar-refractivity contribution < 1.29 is 0 Å². The molecule has 0 saturated heterocycles. The van der Waals surface area contributed by atoms with Gasteiger partial charge in [0.1, 0.15) is 5.82 Å². The van der Waals surface area contributed by atoms with E-state index in [4.69, 9.17) is 46.4 Å². The van der Waals surface area contributed by atoms with Gasteiger partial charge in [-0.1, -0.05) is 58.5 Å². The van der Waals surface area contributed by atoms with Crippen LogP contribution in [0.1, 0.15) is 17.1 Å². The smallest absolute Gasteiger partial charge is 0.111 e. The number of aryl methyl sites for hydroxylation is 1. The predicted molar refractivity (Wildman–Crippen MR) is 98.0 cm³/mol. The van der Waals surface area contributed by atoms with Crippen LogP contribution < -0.4 is 0 Å². The lowest BCUT2D eigenvalue weighted by atomic mass is 10.1. The first-order valence-corrected chi connectivity index (χ1v) is 8.40. The summed E-state index contributed by atoms with van der Waals surface area (Å²) >= 11 is 24.6. The van der Waals surface area contributed by atoms with Crippen LogP contribution in [0.4, 0.5) is 0 Å². The van der Waals surface area contributed by atoms with E-state index < -0.39 is 0 Å². The molecule has 3 aromatic rings. The minimum absolute atomic E-state index is 0.533. The normalized spacial score (nSPS) is 11.0. The van der Waals surface area contributed by atoms with Crippen molar-refractivity contribution in [3.05, 3.63) is 73.6 Å². The first-order valence-electron chi connectivity index (χ1n) is 6.89. The third-order valence-corrected chi connectivity index (χ3v) is 4.93. The number of imidazole rings is 1. The molecule has 1 N–H and O–H groups in total. The number of aromatic amines is 1. The van der Waals surface area contributed by atoms with Crippen LogP contribution in [0.3, 0.4) is 0 Å². The van der Waals surface area contributed by atoms with Crippen molar-refractivity contribution in [2.75, 3.05) is 0 Å². The minimum atomic E-state index is 0.533. The largest absolute Gasteiger partial charge is 0.345 e. The number of H-pyrrole nitrogens is 1. The zero-order valence-electron chi connectivity index (χ0n) is 12.1. The Morgan fingerprint density at radius 1 is 1.00 bits per heavy atom. The SMILES string of the molecule is Cc1[nH]c(Cc2cccc(Cl)c2Cl)nc1-c1cc(Cl)ccc1Cl. The number of benzene rings is 2. The summed E-state index contributed by atoms with van der Waals surface area (Å²) in [5.74, 6) is 0.790. The lowest BCUT2D eigenvalue weighted by molar-refractivity contribution is 1.02. The van der Waals surface area contributed by atoms with Gasteiger partial charge in [0.25, 0.3) is 0 Å². The molecule has 2 nitrogen and oxygen atoms in total. The Labute approximate surface area is 154 Å². The molecule has 0 fully saturated rings. The lowest BCUT2D eigenvalue weighted by Crippen LogP contribution is -1.92. The number of aromatic nitrogens is 2. The van der Waals surface area contributed by atoms with Gasteiger partial charge < -0.3 is 4.98 Å². The summed E-state index contributed by atoms with van der Waals surface area (Å²) in [4.78, 5) is 7.92. The highest BCUT2D eigenvalue weighted by atomic mass is 35.5. The van der Waals surface area contributed by atoms with Gasteiger partial charge >= 0.3 is 0 Å². The third-order valence-electron chi connectivity index (χ3n) is 3.51. The van der Waals surface area contributed by atoms with Crippen LogP contribution in [0.25, 0.3) is 11.3 Å². The van der Waals surface area contributed by atoms with Gasteiger partial charge in [0.2, 0.25) is 0 Å². The van der Waals surface area contributed by atoms with Crippen LogP contribution >= 0.6 is 46.4 Å². The Kier molecular flexibility index (Phi) is 4.88. The zero-order chi connectivity index (χ0) is 16.6. The van der Waals surface area contributed by atoms with Crippen LogP contribution in [-0.4, -0.2) is 9.97 Å².